The molecule has 3 aromatic rings. The molecule has 0 fully saturated rings. The largest absolute Gasteiger partial charge is 0.483 e. The van der Waals surface area contributed by atoms with E-state index in [1.807, 2.05) is 6.07 Å². The fraction of sp³-hybridized carbons (Fsp3) is 0.0909. The van der Waals surface area contributed by atoms with Crippen LogP contribution in [0, 0.1) is 0 Å². The summed E-state index contributed by atoms with van der Waals surface area (Å²) in [7, 11) is -3.38. The Kier molecular flexibility index (Phi) is 6.48. The summed E-state index contributed by atoms with van der Waals surface area (Å²) in [5.41, 5.74) is 1.26. The first kappa shape index (κ1) is 21.1. The standard InChI is InChI=1S/C22H20N2O5S/c1-30(27,28)18-11-7-10-17(14-18)23-21(25)15-29-20-13-6-5-12-19(20)22(26)24-16-8-3-2-4-9-16/h2-14H,15H2,1H3,(H,23,25)(H,24,26). The molecule has 0 aliphatic rings. The molecule has 2 N–H and O–H groups in total. The molecule has 0 aliphatic carbocycles. The molecule has 0 saturated carbocycles. The number of hydrogen-bond acceptors (Lipinski definition) is 5. The number of ether oxygens (including phenoxy) is 1. The van der Waals surface area contributed by atoms with Gasteiger partial charge in [0.25, 0.3) is 11.8 Å². The molecule has 0 radical (unpaired) electrons. The molecule has 30 heavy (non-hydrogen) atoms. The van der Waals surface area contributed by atoms with Crippen molar-refractivity contribution in [1.29, 1.82) is 0 Å². The number of benzene rings is 3. The Morgan fingerprint density at radius 2 is 1.50 bits per heavy atom. The number of sulfone groups is 1. The SMILES string of the molecule is CS(=O)(=O)c1cccc(NC(=O)COc2ccccc2C(=O)Nc2ccccc2)c1. The Morgan fingerprint density at radius 1 is 0.833 bits per heavy atom. The summed E-state index contributed by atoms with van der Waals surface area (Å²) in [6.45, 7) is -0.348. The molecule has 0 atom stereocenters. The van der Waals surface area contributed by atoms with Crippen LogP contribution < -0.4 is 15.4 Å². The highest BCUT2D eigenvalue weighted by molar-refractivity contribution is 7.90. The Bertz CT molecular complexity index is 1160. The van der Waals surface area contributed by atoms with E-state index in [-0.39, 0.29) is 28.7 Å². The fourth-order valence-electron chi connectivity index (χ4n) is 2.64. The summed E-state index contributed by atoms with van der Waals surface area (Å²) in [6, 6.07) is 21.5. The highest BCUT2D eigenvalue weighted by Gasteiger charge is 2.14. The minimum atomic E-state index is -3.38. The molecule has 0 spiro atoms. The average Bonchev–Trinajstić information content (AvgIpc) is 2.73. The van der Waals surface area contributed by atoms with Crippen LogP contribution in [0.3, 0.4) is 0 Å². The molecular weight excluding hydrogens is 404 g/mol. The molecule has 3 aromatic carbocycles. The molecule has 7 nitrogen and oxygen atoms in total. The third-order valence-electron chi connectivity index (χ3n) is 4.07. The normalized spacial score (nSPS) is 10.8. The van der Waals surface area contributed by atoms with Crippen LogP contribution in [-0.4, -0.2) is 33.1 Å². The van der Waals surface area contributed by atoms with Crippen LogP contribution in [0.15, 0.2) is 83.8 Å². The number of hydrogen-bond donors (Lipinski definition) is 2. The Morgan fingerprint density at radius 3 is 2.23 bits per heavy atom. The molecular formula is C22H20N2O5S. The topological polar surface area (TPSA) is 102 Å². The number of rotatable bonds is 7. The number of carbonyl (C=O) groups excluding carboxylic acids is 2. The zero-order valence-corrected chi connectivity index (χ0v) is 17.0. The van der Waals surface area contributed by atoms with E-state index in [0.29, 0.717) is 11.4 Å². The highest BCUT2D eigenvalue weighted by Crippen LogP contribution is 2.20. The van der Waals surface area contributed by atoms with Crippen molar-refractivity contribution in [2.24, 2.45) is 0 Å². The van der Waals surface area contributed by atoms with E-state index in [9.17, 15) is 18.0 Å². The fourth-order valence-corrected chi connectivity index (χ4v) is 3.31. The number of anilines is 2. The molecule has 8 heteroatoms. The zero-order chi connectivity index (χ0) is 21.6. The van der Waals surface area contributed by atoms with E-state index in [2.05, 4.69) is 10.6 Å². The lowest BCUT2D eigenvalue weighted by atomic mass is 10.2. The van der Waals surface area contributed by atoms with Crippen LogP contribution in [0.4, 0.5) is 11.4 Å². The van der Waals surface area contributed by atoms with Gasteiger partial charge in [-0.1, -0.05) is 36.4 Å². The monoisotopic (exact) mass is 424 g/mol. The van der Waals surface area contributed by atoms with Crippen LogP contribution in [0.5, 0.6) is 5.75 Å². The predicted octanol–water partition coefficient (Wildman–Crippen LogP) is 3.36. The van der Waals surface area contributed by atoms with Gasteiger partial charge in [0.15, 0.2) is 16.4 Å². The van der Waals surface area contributed by atoms with E-state index < -0.39 is 15.7 Å². The molecule has 0 saturated heterocycles. The Balaban J connectivity index is 1.65. The second kappa shape index (κ2) is 9.23. The van der Waals surface area contributed by atoms with Gasteiger partial charge in [0.05, 0.1) is 10.5 Å². The molecule has 0 heterocycles. The minimum absolute atomic E-state index is 0.101. The lowest BCUT2D eigenvalue weighted by Crippen LogP contribution is -2.21. The maximum atomic E-state index is 12.6. The first-order chi connectivity index (χ1) is 14.3. The second-order valence-corrected chi connectivity index (χ2v) is 8.47. The highest BCUT2D eigenvalue weighted by atomic mass is 32.2. The van der Waals surface area contributed by atoms with Crippen molar-refractivity contribution in [3.05, 3.63) is 84.4 Å². The maximum absolute atomic E-state index is 12.6. The van der Waals surface area contributed by atoms with Gasteiger partial charge in [-0.3, -0.25) is 9.59 Å². The van der Waals surface area contributed by atoms with Gasteiger partial charge in [-0.25, -0.2) is 8.42 Å². The lowest BCUT2D eigenvalue weighted by Gasteiger charge is -2.12. The molecule has 0 aromatic heterocycles. The molecule has 2 amide bonds. The third-order valence-corrected chi connectivity index (χ3v) is 5.18. The first-order valence-corrected chi connectivity index (χ1v) is 10.9. The van der Waals surface area contributed by atoms with Gasteiger partial charge in [-0.2, -0.15) is 0 Å². The number of carbonyl (C=O) groups is 2. The van der Waals surface area contributed by atoms with Crippen LogP contribution in [-0.2, 0) is 14.6 Å². The van der Waals surface area contributed by atoms with E-state index in [4.69, 9.17) is 4.74 Å². The van der Waals surface area contributed by atoms with Gasteiger partial charge >= 0.3 is 0 Å². The molecule has 154 valence electrons. The molecule has 0 bridgehead atoms. The number of amides is 2. The third kappa shape index (κ3) is 5.68. The molecule has 0 aliphatic heterocycles. The van der Waals surface area contributed by atoms with E-state index in [1.165, 1.54) is 18.2 Å². The van der Waals surface area contributed by atoms with Gasteiger partial charge in [0.2, 0.25) is 0 Å². The molecule has 0 unspecified atom stereocenters. The summed E-state index contributed by atoms with van der Waals surface area (Å²) < 4.78 is 28.8. The van der Waals surface area contributed by atoms with Crippen LogP contribution in [0.1, 0.15) is 10.4 Å². The summed E-state index contributed by atoms with van der Waals surface area (Å²) in [5, 5.41) is 5.35. The van der Waals surface area contributed by atoms with Gasteiger partial charge in [0.1, 0.15) is 5.75 Å². The van der Waals surface area contributed by atoms with Crippen molar-refractivity contribution in [2.45, 2.75) is 4.90 Å². The van der Waals surface area contributed by atoms with Gasteiger partial charge in [-0.15, -0.1) is 0 Å². The second-order valence-electron chi connectivity index (χ2n) is 6.45. The van der Waals surface area contributed by atoms with E-state index in [1.54, 1.807) is 54.6 Å². The van der Waals surface area contributed by atoms with Crippen molar-refractivity contribution in [2.75, 3.05) is 23.5 Å². The average molecular weight is 424 g/mol. The van der Waals surface area contributed by atoms with Gasteiger partial charge < -0.3 is 15.4 Å². The van der Waals surface area contributed by atoms with Crippen molar-refractivity contribution < 1.29 is 22.7 Å². The summed E-state index contributed by atoms with van der Waals surface area (Å²) in [4.78, 5) is 24.9. The van der Waals surface area contributed by atoms with E-state index >= 15 is 0 Å². The van der Waals surface area contributed by atoms with Crippen molar-refractivity contribution in [1.82, 2.24) is 0 Å². The number of para-hydroxylation sites is 2. The quantitative estimate of drug-likeness (QED) is 0.606. The Hall–Kier alpha value is -3.65. The summed E-state index contributed by atoms with van der Waals surface area (Å²) in [5.74, 6) is -0.594. The lowest BCUT2D eigenvalue weighted by molar-refractivity contribution is -0.118. The van der Waals surface area contributed by atoms with Crippen molar-refractivity contribution in [3.8, 4) is 5.75 Å². The van der Waals surface area contributed by atoms with Crippen molar-refractivity contribution in [3.63, 3.8) is 0 Å². The maximum Gasteiger partial charge on any atom is 0.262 e. The molecule has 3 rings (SSSR count). The predicted molar refractivity (Wildman–Crippen MR) is 115 cm³/mol. The van der Waals surface area contributed by atoms with Crippen LogP contribution in [0.2, 0.25) is 0 Å². The summed E-state index contributed by atoms with van der Waals surface area (Å²) in [6.07, 6.45) is 1.09. The zero-order valence-electron chi connectivity index (χ0n) is 16.2. The first-order valence-electron chi connectivity index (χ1n) is 9.01. The summed E-state index contributed by atoms with van der Waals surface area (Å²) >= 11 is 0. The number of nitrogens with one attached hydrogen (secondary N) is 2. The van der Waals surface area contributed by atoms with Crippen molar-refractivity contribution >= 4 is 33.0 Å². The van der Waals surface area contributed by atoms with E-state index in [0.717, 1.165) is 6.26 Å². The van der Waals surface area contributed by atoms with Gasteiger partial charge in [-0.05, 0) is 42.5 Å². The van der Waals surface area contributed by atoms with Crippen LogP contribution >= 0.6 is 0 Å². The van der Waals surface area contributed by atoms with Gasteiger partial charge in [0, 0.05) is 17.6 Å². The minimum Gasteiger partial charge on any atom is -0.483 e. The smallest absolute Gasteiger partial charge is 0.262 e. The Labute approximate surface area is 174 Å². The van der Waals surface area contributed by atoms with Crippen LogP contribution in [0.25, 0.3) is 0 Å².